The Labute approximate surface area is 125 Å². The highest BCUT2D eigenvalue weighted by Gasteiger charge is 2.13. The Morgan fingerprint density at radius 1 is 1.05 bits per heavy atom. The number of pyridine rings is 1. The van der Waals surface area contributed by atoms with E-state index in [1.54, 1.807) is 12.3 Å². The lowest BCUT2D eigenvalue weighted by molar-refractivity contribution is 0.102. The molecule has 2 N–H and O–H groups in total. The second-order valence-corrected chi connectivity index (χ2v) is 5.96. The van der Waals surface area contributed by atoms with Crippen LogP contribution in [0.2, 0.25) is 0 Å². The van der Waals surface area contributed by atoms with Crippen LogP contribution < -0.4 is 10.6 Å². The minimum atomic E-state index is -0.212. The Morgan fingerprint density at radius 3 is 2.29 bits per heavy atom. The van der Waals surface area contributed by atoms with Crippen molar-refractivity contribution in [3.63, 3.8) is 0 Å². The van der Waals surface area contributed by atoms with Crippen molar-refractivity contribution in [2.75, 3.05) is 17.7 Å². The van der Waals surface area contributed by atoms with E-state index in [-0.39, 0.29) is 11.3 Å². The first-order chi connectivity index (χ1) is 9.90. The van der Waals surface area contributed by atoms with Gasteiger partial charge in [0.1, 0.15) is 5.69 Å². The average molecular weight is 283 g/mol. The Kier molecular flexibility index (Phi) is 4.26. The highest BCUT2D eigenvalue weighted by Crippen LogP contribution is 2.23. The van der Waals surface area contributed by atoms with Crippen molar-refractivity contribution < 1.29 is 4.79 Å². The fraction of sp³-hybridized carbons (Fsp3) is 0.294. The topological polar surface area (TPSA) is 54.0 Å². The summed E-state index contributed by atoms with van der Waals surface area (Å²) in [7, 11) is 1.81. The van der Waals surface area contributed by atoms with Gasteiger partial charge < -0.3 is 10.6 Å². The zero-order chi connectivity index (χ0) is 15.5. The van der Waals surface area contributed by atoms with Gasteiger partial charge in [0.15, 0.2) is 0 Å². The molecule has 21 heavy (non-hydrogen) atoms. The molecule has 1 aromatic heterocycles. The molecular formula is C17H21N3O. The smallest absolute Gasteiger partial charge is 0.274 e. The van der Waals surface area contributed by atoms with Gasteiger partial charge in [0.25, 0.3) is 5.91 Å². The lowest BCUT2D eigenvalue weighted by Gasteiger charge is -2.19. The normalized spacial score (nSPS) is 11.0. The number of nitrogens with one attached hydrogen (secondary N) is 2. The van der Waals surface area contributed by atoms with Crippen molar-refractivity contribution in [3.8, 4) is 0 Å². The maximum atomic E-state index is 12.2. The molecule has 0 radical (unpaired) electrons. The number of hydrogen-bond acceptors (Lipinski definition) is 3. The molecule has 0 saturated heterocycles. The average Bonchev–Trinajstić information content (AvgIpc) is 2.47. The Bertz CT molecular complexity index is 627. The molecule has 0 atom stereocenters. The van der Waals surface area contributed by atoms with Gasteiger partial charge in [-0.1, -0.05) is 32.9 Å². The number of rotatable bonds is 3. The number of carbonyl (C=O) groups is 1. The van der Waals surface area contributed by atoms with Gasteiger partial charge in [0.2, 0.25) is 0 Å². The first kappa shape index (κ1) is 15.0. The molecule has 0 aliphatic rings. The van der Waals surface area contributed by atoms with Crippen LogP contribution in [-0.2, 0) is 5.41 Å². The van der Waals surface area contributed by atoms with Crippen molar-refractivity contribution >= 4 is 17.3 Å². The molecule has 110 valence electrons. The summed E-state index contributed by atoms with van der Waals surface area (Å²) < 4.78 is 0. The fourth-order valence-electron chi connectivity index (χ4n) is 1.96. The van der Waals surface area contributed by atoms with E-state index in [1.165, 1.54) is 5.56 Å². The first-order valence-electron chi connectivity index (χ1n) is 6.96. The van der Waals surface area contributed by atoms with Gasteiger partial charge in [-0.25, -0.2) is 0 Å². The predicted molar refractivity (Wildman–Crippen MR) is 86.9 cm³/mol. The highest BCUT2D eigenvalue weighted by molar-refractivity contribution is 6.03. The molecule has 1 aromatic carbocycles. The summed E-state index contributed by atoms with van der Waals surface area (Å²) in [6.45, 7) is 6.48. The van der Waals surface area contributed by atoms with Crippen LogP contribution in [-0.4, -0.2) is 17.9 Å². The summed E-state index contributed by atoms with van der Waals surface area (Å²) in [6.07, 6.45) is 1.61. The first-order valence-corrected chi connectivity index (χ1v) is 6.96. The van der Waals surface area contributed by atoms with Gasteiger partial charge in [0, 0.05) is 24.6 Å². The number of aromatic nitrogens is 1. The summed E-state index contributed by atoms with van der Waals surface area (Å²) >= 11 is 0. The quantitative estimate of drug-likeness (QED) is 0.903. The van der Waals surface area contributed by atoms with E-state index in [0.29, 0.717) is 5.69 Å². The lowest BCUT2D eigenvalue weighted by atomic mass is 9.87. The summed E-state index contributed by atoms with van der Waals surface area (Å²) in [5.41, 5.74) is 3.35. The minimum absolute atomic E-state index is 0.102. The maximum absolute atomic E-state index is 12.2. The number of benzene rings is 1. The van der Waals surface area contributed by atoms with Gasteiger partial charge in [-0.15, -0.1) is 0 Å². The van der Waals surface area contributed by atoms with Crippen molar-refractivity contribution in [1.29, 1.82) is 0 Å². The highest BCUT2D eigenvalue weighted by atomic mass is 16.1. The molecule has 0 saturated carbocycles. The van der Waals surface area contributed by atoms with E-state index in [0.717, 1.165) is 11.4 Å². The summed E-state index contributed by atoms with van der Waals surface area (Å²) in [5.74, 6) is -0.212. The molecule has 0 spiro atoms. The van der Waals surface area contributed by atoms with Gasteiger partial charge in [-0.3, -0.25) is 9.78 Å². The van der Waals surface area contributed by atoms with Crippen LogP contribution >= 0.6 is 0 Å². The number of anilines is 2. The molecule has 1 amide bonds. The summed E-state index contributed by atoms with van der Waals surface area (Å²) in [5, 5.41) is 5.85. The van der Waals surface area contributed by atoms with Crippen molar-refractivity contribution in [2.24, 2.45) is 0 Å². The number of carbonyl (C=O) groups excluding carboxylic acids is 1. The molecule has 2 rings (SSSR count). The molecule has 4 nitrogen and oxygen atoms in total. The van der Waals surface area contributed by atoms with Crippen LogP contribution in [0.1, 0.15) is 36.8 Å². The van der Waals surface area contributed by atoms with Crippen molar-refractivity contribution in [1.82, 2.24) is 4.98 Å². The molecule has 1 heterocycles. The Balaban J connectivity index is 2.12. The second kappa shape index (κ2) is 5.95. The van der Waals surface area contributed by atoms with Crippen LogP contribution in [0.3, 0.4) is 0 Å². The fourth-order valence-corrected chi connectivity index (χ4v) is 1.96. The van der Waals surface area contributed by atoms with Gasteiger partial charge in [0.05, 0.1) is 0 Å². The Morgan fingerprint density at radius 2 is 1.71 bits per heavy atom. The van der Waals surface area contributed by atoms with Gasteiger partial charge in [-0.2, -0.15) is 0 Å². The predicted octanol–water partition coefficient (Wildman–Crippen LogP) is 3.67. The molecule has 0 bridgehead atoms. The largest absolute Gasteiger partial charge is 0.388 e. The van der Waals surface area contributed by atoms with E-state index in [9.17, 15) is 4.79 Å². The van der Waals surface area contributed by atoms with Gasteiger partial charge in [-0.05, 0) is 35.2 Å². The SMILES string of the molecule is CNc1ccnc(C(=O)Nc2ccc(C(C)(C)C)cc2)c1. The molecule has 0 fully saturated rings. The maximum Gasteiger partial charge on any atom is 0.274 e. The third kappa shape index (κ3) is 3.81. The number of nitrogens with zero attached hydrogens (tertiary/aromatic N) is 1. The van der Waals surface area contributed by atoms with E-state index in [4.69, 9.17) is 0 Å². The summed E-state index contributed by atoms with van der Waals surface area (Å²) in [4.78, 5) is 16.3. The van der Waals surface area contributed by atoms with Crippen molar-refractivity contribution in [3.05, 3.63) is 53.9 Å². The summed E-state index contributed by atoms with van der Waals surface area (Å²) in [6, 6.07) is 11.4. The monoisotopic (exact) mass is 283 g/mol. The zero-order valence-electron chi connectivity index (χ0n) is 12.9. The van der Waals surface area contributed by atoms with Crippen LogP contribution in [0, 0.1) is 0 Å². The van der Waals surface area contributed by atoms with Crippen LogP contribution in [0.5, 0.6) is 0 Å². The third-order valence-corrected chi connectivity index (χ3v) is 3.29. The zero-order valence-corrected chi connectivity index (χ0v) is 12.9. The molecular weight excluding hydrogens is 262 g/mol. The van der Waals surface area contributed by atoms with Crippen LogP contribution in [0.15, 0.2) is 42.6 Å². The molecule has 0 aliphatic heterocycles. The molecule has 0 aliphatic carbocycles. The number of hydrogen-bond donors (Lipinski definition) is 2. The standard InChI is InChI=1S/C17H21N3O/c1-17(2,3)12-5-7-13(8-6-12)20-16(21)15-11-14(18-4)9-10-19-15/h5-11H,1-4H3,(H,18,19)(H,20,21). The molecule has 0 unspecified atom stereocenters. The van der Waals surface area contributed by atoms with E-state index in [2.05, 4.69) is 36.4 Å². The van der Waals surface area contributed by atoms with E-state index < -0.39 is 0 Å². The molecule has 4 heteroatoms. The van der Waals surface area contributed by atoms with Crippen molar-refractivity contribution in [2.45, 2.75) is 26.2 Å². The number of amides is 1. The second-order valence-electron chi connectivity index (χ2n) is 5.96. The van der Waals surface area contributed by atoms with Gasteiger partial charge >= 0.3 is 0 Å². The lowest BCUT2D eigenvalue weighted by Crippen LogP contribution is -2.15. The van der Waals surface area contributed by atoms with E-state index >= 15 is 0 Å². The minimum Gasteiger partial charge on any atom is -0.388 e. The van der Waals surface area contributed by atoms with Crippen LogP contribution in [0.4, 0.5) is 11.4 Å². The molecule has 2 aromatic rings. The third-order valence-electron chi connectivity index (χ3n) is 3.29. The van der Waals surface area contributed by atoms with Crippen LogP contribution in [0.25, 0.3) is 0 Å². The Hall–Kier alpha value is -2.36. The van der Waals surface area contributed by atoms with E-state index in [1.807, 2.05) is 37.4 Å².